The van der Waals surface area contributed by atoms with Crippen molar-refractivity contribution < 1.29 is 4.43 Å². The van der Waals surface area contributed by atoms with E-state index in [1.165, 1.54) is 12.0 Å². The molecule has 0 spiro atoms. The van der Waals surface area contributed by atoms with Gasteiger partial charge in [0.15, 0.2) is 0 Å². The van der Waals surface area contributed by atoms with Gasteiger partial charge in [0.2, 0.25) is 8.32 Å². The predicted octanol–water partition coefficient (Wildman–Crippen LogP) is 3.89. The van der Waals surface area contributed by atoms with E-state index in [0.717, 1.165) is 31.9 Å². The Morgan fingerprint density at radius 3 is 2.18 bits per heavy atom. The fraction of sp³-hybridized carbons (Fsp3) is 0.667. The molecule has 4 heteroatoms. The van der Waals surface area contributed by atoms with Gasteiger partial charge in [-0.3, -0.25) is 4.90 Å². The van der Waals surface area contributed by atoms with E-state index >= 15 is 0 Å². The van der Waals surface area contributed by atoms with Crippen molar-refractivity contribution in [2.45, 2.75) is 46.0 Å². The number of nitrogens with one attached hydrogen (secondary N) is 1. The van der Waals surface area contributed by atoms with Crippen LogP contribution < -0.4 is 9.74 Å². The van der Waals surface area contributed by atoms with Gasteiger partial charge in [0.25, 0.3) is 0 Å². The van der Waals surface area contributed by atoms with Crippen LogP contribution in [0.1, 0.15) is 31.9 Å². The van der Waals surface area contributed by atoms with Crippen molar-refractivity contribution in [3.05, 3.63) is 29.8 Å². The minimum absolute atomic E-state index is 0.531. The molecule has 1 atom stereocenters. The van der Waals surface area contributed by atoms with Crippen molar-refractivity contribution in [3.63, 3.8) is 0 Å². The number of hydrogen-bond donors (Lipinski definition) is 1. The highest BCUT2D eigenvalue weighted by atomic mass is 28.4. The molecule has 3 nitrogen and oxygen atoms in total. The summed E-state index contributed by atoms with van der Waals surface area (Å²) in [6.45, 7) is 15.8. The molecule has 0 aliphatic carbocycles. The van der Waals surface area contributed by atoms with Gasteiger partial charge in [-0.05, 0) is 49.7 Å². The van der Waals surface area contributed by atoms with Crippen LogP contribution in [0.3, 0.4) is 0 Å². The molecule has 1 aromatic rings. The van der Waals surface area contributed by atoms with Gasteiger partial charge in [0, 0.05) is 32.2 Å². The maximum atomic E-state index is 6.08. The Labute approximate surface area is 137 Å². The Hall–Kier alpha value is -0.843. The molecule has 1 N–H and O–H groups in total. The van der Waals surface area contributed by atoms with Gasteiger partial charge in [0.1, 0.15) is 5.75 Å². The first-order valence-electron chi connectivity index (χ1n) is 8.59. The first-order valence-corrected chi connectivity index (χ1v) is 12.0. The molecule has 0 aromatic heterocycles. The van der Waals surface area contributed by atoms with E-state index in [-0.39, 0.29) is 0 Å². The maximum absolute atomic E-state index is 6.08. The molecule has 0 unspecified atom stereocenters. The zero-order valence-electron chi connectivity index (χ0n) is 14.9. The third-order valence-electron chi connectivity index (χ3n) is 3.98. The van der Waals surface area contributed by atoms with Crippen molar-refractivity contribution in [1.82, 2.24) is 10.2 Å². The molecule has 1 aliphatic rings. The largest absolute Gasteiger partial charge is 0.544 e. The first kappa shape index (κ1) is 17.5. The summed E-state index contributed by atoms with van der Waals surface area (Å²) < 4.78 is 6.08. The van der Waals surface area contributed by atoms with E-state index in [0.29, 0.717) is 12.0 Å². The van der Waals surface area contributed by atoms with E-state index in [1.807, 2.05) is 0 Å². The molecule has 0 radical (unpaired) electrons. The predicted molar refractivity (Wildman–Crippen MR) is 97.1 cm³/mol. The second-order valence-electron chi connectivity index (χ2n) is 7.71. The monoisotopic (exact) mass is 320 g/mol. The summed E-state index contributed by atoms with van der Waals surface area (Å²) in [6.07, 6.45) is 1.22. The van der Waals surface area contributed by atoms with Gasteiger partial charge in [0.05, 0.1) is 0 Å². The Balaban J connectivity index is 2.12. The van der Waals surface area contributed by atoms with Crippen LogP contribution in [0.5, 0.6) is 5.75 Å². The highest BCUT2D eigenvalue weighted by Gasteiger charge is 2.23. The van der Waals surface area contributed by atoms with Gasteiger partial charge in [-0.2, -0.15) is 0 Å². The maximum Gasteiger partial charge on any atom is 0.242 e. The zero-order chi connectivity index (χ0) is 16.2. The van der Waals surface area contributed by atoms with E-state index < -0.39 is 8.32 Å². The summed E-state index contributed by atoms with van der Waals surface area (Å²) in [5.74, 6) is 1.73. The minimum Gasteiger partial charge on any atom is -0.544 e. The van der Waals surface area contributed by atoms with Crippen LogP contribution in [0.4, 0.5) is 0 Å². The summed E-state index contributed by atoms with van der Waals surface area (Å²) in [7, 11) is -1.52. The summed E-state index contributed by atoms with van der Waals surface area (Å²) in [4.78, 5) is 2.63. The Morgan fingerprint density at radius 1 is 1.09 bits per heavy atom. The van der Waals surface area contributed by atoms with E-state index in [2.05, 4.69) is 68.0 Å². The third kappa shape index (κ3) is 5.41. The molecular weight excluding hydrogens is 288 g/mol. The van der Waals surface area contributed by atoms with Crippen LogP contribution in [0.15, 0.2) is 24.3 Å². The highest BCUT2D eigenvalue weighted by Crippen LogP contribution is 2.29. The van der Waals surface area contributed by atoms with E-state index in [1.54, 1.807) is 0 Å². The number of nitrogens with zero attached hydrogens (tertiary/aromatic N) is 1. The molecule has 22 heavy (non-hydrogen) atoms. The second kappa shape index (κ2) is 7.62. The molecule has 1 fully saturated rings. The van der Waals surface area contributed by atoms with Crippen molar-refractivity contribution in [2.24, 2.45) is 5.92 Å². The Bertz CT molecular complexity index is 447. The SMILES string of the molecule is CC(C)C[C@@H](c1ccc(O[Si](C)(C)C)cc1)N1CCNCC1. The Morgan fingerprint density at radius 2 is 1.68 bits per heavy atom. The van der Waals surface area contributed by atoms with E-state index in [9.17, 15) is 0 Å². The van der Waals surface area contributed by atoms with Crippen molar-refractivity contribution in [3.8, 4) is 5.75 Å². The average Bonchev–Trinajstić information content (AvgIpc) is 2.45. The van der Waals surface area contributed by atoms with Crippen LogP contribution in [0.2, 0.25) is 19.6 Å². The van der Waals surface area contributed by atoms with E-state index in [4.69, 9.17) is 4.43 Å². The second-order valence-corrected chi connectivity index (χ2v) is 12.1. The molecule has 0 bridgehead atoms. The summed E-state index contributed by atoms with van der Waals surface area (Å²) >= 11 is 0. The molecule has 1 heterocycles. The number of rotatable bonds is 6. The lowest BCUT2D eigenvalue weighted by atomic mass is 9.95. The summed E-state index contributed by atoms with van der Waals surface area (Å²) in [6, 6.07) is 9.38. The topological polar surface area (TPSA) is 24.5 Å². The molecule has 1 aliphatic heterocycles. The Kier molecular flexibility index (Phi) is 6.06. The first-order chi connectivity index (χ1) is 10.3. The van der Waals surface area contributed by atoms with Gasteiger partial charge < -0.3 is 9.74 Å². The molecular formula is C18H32N2OSi. The molecule has 2 rings (SSSR count). The van der Waals surface area contributed by atoms with Gasteiger partial charge in [-0.25, -0.2) is 0 Å². The van der Waals surface area contributed by atoms with Crippen LogP contribution >= 0.6 is 0 Å². The standard InChI is InChI=1S/C18H32N2OSi/c1-15(2)14-18(20-12-10-19-11-13-20)16-6-8-17(9-7-16)21-22(3,4)5/h6-9,15,18-19H,10-14H2,1-5H3/t18-/m0/s1. The van der Waals surface area contributed by atoms with Crippen LogP contribution in [-0.2, 0) is 0 Å². The summed E-state index contributed by atoms with van der Waals surface area (Å²) in [5, 5.41) is 3.45. The molecule has 124 valence electrons. The third-order valence-corrected chi connectivity index (χ3v) is 4.82. The van der Waals surface area contributed by atoms with Crippen LogP contribution in [0, 0.1) is 5.92 Å². The van der Waals surface area contributed by atoms with Crippen LogP contribution in [-0.4, -0.2) is 39.4 Å². The molecule has 1 saturated heterocycles. The summed E-state index contributed by atoms with van der Waals surface area (Å²) in [5.41, 5.74) is 1.43. The lowest BCUT2D eigenvalue weighted by Gasteiger charge is -2.36. The minimum atomic E-state index is -1.52. The fourth-order valence-electron chi connectivity index (χ4n) is 3.05. The van der Waals surface area contributed by atoms with Crippen LogP contribution in [0.25, 0.3) is 0 Å². The highest BCUT2D eigenvalue weighted by molar-refractivity contribution is 6.70. The van der Waals surface area contributed by atoms with Crippen molar-refractivity contribution >= 4 is 8.32 Å². The lowest BCUT2D eigenvalue weighted by Crippen LogP contribution is -2.45. The lowest BCUT2D eigenvalue weighted by molar-refractivity contribution is 0.154. The molecule has 1 aromatic carbocycles. The smallest absolute Gasteiger partial charge is 0.242 e. The molecule has 0 amide bonds. The van der Waals surface area contributed by atoms with Crippen molar-refractivity contribution in [1.29, 1.82) is 0 Å². The number of hydrogen-bond acceptors (Lipinski definition) is 3. The zero-order valence-corrected chi connectivity index (χ0v) is 15.9. The molecule has 0 saturated carbocycles. The fourth-order valence-corrected chi connectivity index (χ4v) is 3.89. The number of piperazine rings is 1. The number of benzene rings is 1. The van der Waals surface area contributed by atoms with Gasteiger partial charge in [-0.1, -0.05) is 26.0 Å². The average molecular weight is 321 g/mol. The van der Waals surface area contributed by atoms with Gasteiger partial charge >= 0.3 is 0 Å². The quantitative estimate of drug-likeness (QED) is 0.805. The van der Waals surface area contributed by atoms with Crippen molar-refractivity contribution in [2.75, 3.05) is 26.2 Å². The van der Waals surface area contributed by atoms with Gasteiger partial charge in [-0.15, -0.1) is 0 Å². The normalized spacial score (nSPS) is 18.5.